The van der Waals surface area contributed by atoms with Gasteiger partial charge in [0.2, 0.25) is 0 Å². The third-order valence-electron chi connectivity index (χ3n) is 2.12. The van der Waals surface area contributed by atoms with Crippen LogP contribution >= 0.6 is 45.2 Å². The molecule has 0 saturated carbocycles. The molecule has 0 spiro atoms. The largest absolute Gasteiger partial charge is 0.477 e. The number of aromatic carboxylic acids is 2. The van der Waals surface area contributed by atoms with Gasteiger partial charge in [0.05, 0.1) is 13.4 Å². The van der Waals surface area contributed by atoms with Gasteiger partial charge in [-0.2, -0.15) is 0 Å². The van der Waals surface area contributed by atoms with Gasteiger partial charge in [-0.1, -0.05) is 0 Å². The van der Waals surface area contributed by atoms with Crippen LogP contribution in [0.4, 0.5) is 11.4 Å². The number of nitrogens with zero attached hydrogens (tertiary/aromatic N) is 2. The molecule has 2 N–H and O–H groups in total. The number of hydrogen-bond donors (Lipinski definition) is 2. The number of carbonyl (C=O) groups is 2. The highest BCUT2D eigenvalue weighted by atomic mass is 127. The maximum atomic E-state index is 11.1. The van der Waals surface area contributed by atoms with E-state index in [1.165, 1.54) is 45.2 Å². The van der Waals surface area contributed by atoms with Crippen LogP contribution in [-0.4, -0.2) is 32.0 Å². The summed E-state index contributed by atoms with van der Waals surface area (Å²) in [5.74, 6) is -3.48. The Morgan fingerprint density at radius 3 is 1.35 bits per heavy atom. The second kappa shape index (κ2) is 5.81. The summed E-state index contributed by atoms with van der Waals surface area (Å²) in [5, 5.41) is 39.8. The van der Waals surface area contributed by atoms with Gasteiger partial charge in [0.15, 0.2) is 14.7 Å². The Hall–Kier alpha value is -1.58. The smallest absolute Gasteiger partial charge is 0.343 e. The topological polar surface area (TPSA) is 161 Å². The number of hydrogen-bond acceptors (Lipinski definition) is 6. The Bertz CT molecular complexity index is 561. The number of benzene rings is 1. The van der Waals surface area contributed by atoms with Crippen LogP contribution in [0.3, 0.4) is 0 Å². The minimum absolute atomic E-state index is 0.568. The van der Waals surface area contributed by atoms with Crippen molar-refractivity contribution in [2.45, 2.75) is 0 Å². The van der Waals surface area contributed by atoms with E-state index in [1.54, 1.807) is 0 Å². The number of halogens is 2. The van der Waals surface area contributed by atoms with E-state index >= 15 is 0 Å². The van der Waals surface area contributed by atoms with Crippen molar-refractivity contribution in [2.75, 3.05) is 0 Å². The average molecular weight is 508 g/mol. The normalized spacial score (nSPS) is 10.1. The molecule has 1 aromatic rings. The zero-order chi connectivity index (χ0) is 15.8. The van der Waals surface area contributed by atoms with Crippen LogP contribution in [0, 0.1) is 27.4 Å². The summed E-state index contributed by atoms with van der Waals surface area (Å²) in [6, 6.07) is 0. The highest BCUT2D eigenvalue weighted by Gasteiger charge is 2.39. The maximum absolute atomic E-state index is 11.1. The molecular formula is C8H2I2N2O8. The van der Waals surface area contributed by atoms with Crippen molar-refractivity contribution in [3.05, 3.63) is 38.5 Å². The zero-order valence-electron chi connectivity index (χ0n) is 8.99. The molecule has 1 rings (SSSR count). The van der Waals surface area contributed by atoms with E-state index in [0.29, 0.717) is 0 Å². The number of nitro groups is 2. The van der Waals surface area contributed by atoms with Crippen LogP contribution < -0.4 is 0 Å². The van der Waals surface area contributed by atoms with E-state index in [9.17, 15) is 29.8 Å². The van der Waals surface area contributed by atoms with E-state index in [1.807, 2.05) is 0 Å². The first-order valence-electron chi connectivity index (χ1n) is 4.41. The molecular weight excluding hydrogens is 506 g/mol. The Balaban J connectivity index is 4.10. The fraction of sp³-hybridized carbons (Fsp3) is 0. The Kier molecular flexibility index (Phi) is 4.79. The van der Waals surface area contributed by atoms with E-state index in [2.05, 4.69) is 0 Å². The van der Waals surface area contributed by atoms with Crippen molar-refractivity contribution in [1.29, 1.82) is 0 Å². The minimum atomic E-state index is -1.74. The molecule has 0 saturated heterocycles. The van der Waals surface area contributed by atoms with Crippen molar-refractivity contribution in [2.24, 2.45) is 0 Å². The van der Waals surface area contributed by atoms with Gasteiger partial charge in [0.1, 0.15) is 0 Å². The lowest BCUT2D eigenvalue weighted by Crippen LogP contribution is -2.15. The van der Waals surface area contributed by atoms with E-state index < -0.39 is 51.4 Å². The SMILES string of the molecule is O=C(O)c1c(I)c(C(=O)O)c([N+](=O)[O-])c(I)c1[N+](=O)[O-]. The van der Waals surface area contributed by atoms with Gasteiger partial charge in [0, 0.05) is 0 Å². The monoisotopic (exact) mass is 508 g/mol. The van der Waals surface area contributed by atoms with Crippen LogP contribution in [0.15, 0.2) is 0 Å². The molecule has 1 aromatic carbocycles. The summed E-state index contributed by atoms with van der Waals surface area (Å²) in [4.78, 5) is 41.8. The Morgan fingerprint density at radius 1 is 0.850 bits per heavy atom. The van der Waals surface area contributed by atoms with Crippen molar-refractivity contribution in [3.63, 3.8) is 0 Å². The first-order chi connectivity index (χ1) is 9.11. The molecule has 0 heterocycles. The summed E-state index contributed by atoms with van der Waals surface area (Å²) < 4.78 is -1.21. The lowest BCUT2D eigenvalue weighted by atomic mass is 10.1. The molecule has 12 heteroatoms. The van der Waals surface area contributed by atoms with Gasteiger partial charge in [0.25, 0.3) is 0 Å². The van der Waals surface area contributed by atoms with Crippen LogP contribution in [0.1, 0.15) is 20.7 Å². The average Bonchev–Trinajstić information content (AvgIpc) is 2.28. The fourth-order valence-electron chi connectivity index (χ4n) is 1.40. The van der Waals surface area contributed by atoms with Crippen LogP contribution in [0.25, 0.3) is 0 Å². The molecule has 0 amide bonds. The molecule has 0 aromatic heterocycles. The van der Waals surface area contributed by atoms with E-state index in [-0.39, 0.29) is 0 Å². The molecule has 10 nitrogen and oxygen atoms in total. The highest BCUT2D eigenvalue weighted by molar-refractivity contribution is 14.1. The van der Waals surface area contributed by atoms with Gasteiger partial charge < -0.3 is 10.2 Å². The predicted molar refractivity (Wildman–Crippen MR) is 79.1 cm³/mol. The summed E-state index contributed by atoms with van der Waals surface area (Å²) in [6.07, 6.45) is 0. The van der Waals surface area contributed by atoms with Crippen LogP contribution in [0.2, 0.25) is 0 Å². The zero-order valence-corrected chi connectivity index (χ0v) is 13.3. The first kappa shape index (κ1) is 16.5. The Morgan fingerprint density at radius 2 is 1.15 bits per heavy atom. The highest BCUT2D eigenvalue weighted by Crippen LogP contribution is 2.40. The van der Waals surface area contributed by atoms with Crippen molar-refractivity contribution in [1.82, 2.24) is 0 Å². The van der Waals surface area contributed by atoms with E-state index in [4.69, 9.17) is 10.2 Å². The van der Waals surface area contributed by atoms with Crippen LogP contribution in [0.5, 0.6) is 0 Å². The summed E-state index contributed by atoms with van der Waals surface area (Å²) in [6.45, 7) is 0. The molecule has 106 valence electrons. The predicted octanol–water partition coefficient (Wildman–Crippen LogP) is 2.11. The van der Waals surface area contributed by atoms with Crippen molar-refractivity contribution >= 4 is 68.5 Å². The van der Waals surface area contributed by atoms with Gasteiger partial charge in [-0.05, 0) is 45.2 Å². The fourth-order valence-corrected chi connectivity index (χ4v) is 3.30. The van der Waals surface area contributed by atoms with Gasteiger partial charge in [-0.3, -0.25) is 20.2 Å². The summed E-state index contributed by atoms with van der Waals surface area (Å²) >= 11 is 2.42. The number of rotatable bonds is 4. The molecule has 0 atom stereocenters. The van der Waals surface area contributed by atoms with E-state index in [0.717, 1.165) is 0 Å². The molecule has 0 aliphatic carbocycles. The molecule has 0 bridgehead atoms. The maximum Gasteiger partial charge on any atom is 0.343 e. The molecule has 0 unspecified atom stereocenters. The lowest BCUT2D eigenvalue weighted by Gasteiger charge is -2.08. The van der Waals surface area contributed by atoms with Gasteiger partial charge in [-0.25, -0.2) is 9.59 Å². The minimum Gasteiger partial charge on any atom is -0.477 e. The van der Waals surface area contributed by atoms with Crippen molar-refractivity contribution in [3.8, 4) is 0 Å². The van der Waals surface area contributed by atoms with Gasteiger partial charge in [-0.15, -0.1) is 0 Å². The molecule has 0 aliphatic rings. The third-order valence-corrected chi connectivity index (χ3v) is 4.22. The standard InChI is InChI=1S/C8H2I2N2O8/c9-3-1(7(13)14)5(11(17)18)4(10)6(12(19)20)2(3)8(15)16/h(H,13,14)(H,15,16). The number of nitro benzene ring substituents is 2. The third kappa shape index (κ3) is 2.65. The molecule has 20 heavy (non-hydrogen) atoms. The molecule has 0 aliphatic heterocycles. The summed E-state index contributed by atoms with van der Waals surface area (Å²) in [5.41, 5.74) is -3.77. The number of carboxylic acid groups (broad SMARTS) is 2. The Labute approximate surface area is 136 Å². The lowest BCUT2D eigenvalue weighted by molar-refractivity contribution is -0.396. The van der Waals surface area contributed by atoms with Gasteiger partial charge >= 0.3 is 23.3 Å². The first-order valence-corrected chi connectivity index (χ1v) is 6.57. The number of carboxylic acids is 2. The molecule has 0 radical (unpaired) electrons. The second-order valence-corrected chi connectivity index (χ2v) is 5.36. The quantitative estimate of drug-likeness (QED) is 0.356. The second-order valence-electron chi connectivity index (χ2n) is 3.20. The van der Waals surface area contributed by atoms with Crippen molar-refractivity contribution < 1.29 is 29.6 Å². The molecule has 0 fully saturated rings. The summed E-state index contributed by atoms with van der Waals surface area (Å²) in [7, 11) is 0. The van der Waals surface area contributed by atoms with Crippen LogP contribution in [-0.2, 0) is 0 Å².